The van der Waals surface area contributed by atoms with E-state index in [0.717, 1.165) is 25.1 Å². The van der Waals surface area contributed by atoms with Crippen LogP contribution >= 0.6 is 0 Å². The lowest BCUT2D eigenvalue weighted by Crippen LogP contribution is -2.21. The fourth-order valence-electron chi connectivity index (χ4n) is 2.31. The second kappa shape index (κ2) is 6.79. The van der Waals surface area contributed by atoms with Crippen molar-refractivity contribution in [1.82, 2.24) is 0 Å². The molecular formula is C17H21N3O. The zero-order chi connectivity index (χ0) is 15.2. The zero-order valence-corrected chi connectivity index (χ0v) is 12.3. The van der Waals surface area contributed by atoms with Crippen LogP contribution in [0.25, 0.3) is 0 Å². The highest BCUT2D eigenvalue weighted by Gasteiger charge is 2.09. The minimum absolute atomic E-state index is 0.436. The Hall–Kier alpha value is -2.49. The summed E-state index contributed by atoms with van der Waals surface area (Å²) in [4.78, 5) is 13.3. The molecule has 4 nitrogen and oxygen atoms in total. The van der Waals surface area contributed by atoms with Crippen molar-refractivity contribution in [3.8, 4) is 0 Å². The van der Waals surface area contributed by atoms with Gasteiger partial charge in [-0.2, -0.15) is 0 Å². The second-order valence-corrected chi connectivity index (χ2v) is 5.15. The van der Waals surface area contributed by atoms with Crippen molar-refractivity contribution in [2.75, 3.05) is 24.2 Å². The molecule has 0 unspecified atom stereocenters. The highest BCUT2D eigenvalue weighted by molar-refractivity contribution is 5.95. The molecule has 2 aromatic carbocycles. The number of amides is 1. The van der Waals surface area contributed by atoms with Gasteiger partial charge in [-0.25, -0.2) is 0 Å². The van der Waals surface area contributed by atoms with Crippen LogP contribution in [0.1, 0.15) is 22.3 Å². The van der Waals surface area contributed by atoms with Gasteiger partial charge >= 0.3 is 0 Å². The maximum atomic E-state index is 11.2. The van der Waals surface area contributed by atoms with Crippen LogP contribution < -0.4 is 16.4 Å². The summed E-state index contributed by atoms with van der Waals surface area (Å²) in [6, 6.07) is 15.5. The first kappa shape index (κ1) is 14.9. The third kappa shape index (κ3) is 3.99. The molecule has 0 aliphatic heterocycles. The Balaban J connectivity index is 1.98. The molecule has 0 atom stereocenters. The molecule has 21 heavy (non-hydrogen) atoms. The number of carbonyl (C=O) groups is 1. The van der Waals surface area contributed by atoms with E-state index in [-0.39, 0.29) is 0 Å². The molecule has 0 aliphatic carbocycles. The molecule has 0 spiro atoms. The van der Waals surface area contributed by atoms with E-state index in [4.69, 9.17) is 11.5 Å². The highest BCUT2D eigenvalue weighted by atomic mass is 16.1. The molecule has 0 saturated carbocycles. The van der Waals surface area contributed by atoms with Gasteiger partial charge in [0.2, 0.25) is 5.91 Å². The van der Waals surface area contributed by atoms with Gasteiger partial charge in [0.25, 0.3) is 0 Å². The van der Waals surface area contributed by atoms with Gasteiger partial charge in [0.1, 0.15) is 0 Å². The van der Waals surface area contributed by atoms with E-state index in [1.807, 2.05) is 25.2 Å². The standard InChI is InChI=1S/C17H21N3O/c1-20(11-5-8-13-6-3-2-4-7-13)16-12-14(17(19)21)9-10-15(16)18/h2-4,6-7,9-10,12H,5,8,11,18H2,1H3,(H2,19,21). The average Bonchev–Trinajstić information content (AvgIpc) is 2.48. The number of carbonyl (C=O) groups excluding carboxylic acids is 1. The van der Waals surface area contributed by atoms with Crippen molar-refractivity contribution in [2.45, 2.75) is 12.8 Å². The molecule has 4 N–H and O–H groups in total. The maximum absolute atomic E-state index is 11.2. The molecule has 0 bridgehead atoms. The van der Waals surface area contributed by atoms with Crippen molar-refractivity contribution < 1.29 is 4.79 Å². The fraction of sp³-hybridized carbons (Fsp3) is 0.235. The van der Waals surface area contributed by atoms with Crippen LogP contribution in [0.3, 0.4) is 0 Å². The summed E-state index contributed by atoms with van der Waals surface area (Å²) in [6.07, 6.45) is 2.03. The Labute approximate surface area is 125 Å². The predicted molar refractivity (Wildman–Crippen MR) is 87.4 cm³/mol. The lowest BCUT2D eigenvalue weighted by atomic mass is 10.1. The van der Waals surface area contributed by atoms with Gasteiger partial charge in [0, 0.05) is 19.2 Å². The lowest BCUT2D eigenvalue weighted by Gasteiger charge is -2.21. The molecule has 110 valence electrons. The molecule has 0 aromatic heterocycles. The Morgan fingerprint density at radius 1 is 1.14 bits per heavy atom. The van der Waals surface area contributed by atoms with E-state index in [2.05, 4.69) is 17.0 Å². The summed E-state index contributed by atoms with van der Waals surface area (Å²) in [6.45, 7) is 0.862. The molecule has 1 amide bonds. The number of nitrogen functional groups attached to an aromatic ring is 1. The number of nitrogens with zero attached hydrogens (tertiary/aromatic N) is 1. The monoisotopic (exact) mass is 283 g/mol. The summed E-state index contributed by atoms with van der Waals surface area (Å²) in [5, 5.41) is 0. The molecule has 0 heterocycles. The van der Waals surface area contributed by atoms with Gasteiger partial charge in [0.15, 0.2) is 0 Å². The smallest absolute Gasteiger partial charge is 0.248 e. The van der Waals surface area contributed by atoms with Gasteiger partial charge in [-0.1, -0.05) is 30.3 Å². The Bertz CT molecular complexity index is 611. The number of nitrogens with two attached hydrogens (primary N) is 2. The summed E-state index contributed by atoms with van der Waals surface area (Å²) in [5.41, 5.74) is 14.6. The first-order chi connectivity index (χ1) is 10.1. The van der Waals surface area contributed by atoms with Crippen LogP contribution in [-0.4, -0.2) is 19.5 Å². The molecule has 0 fully saturated rings. The van der Waals surface area contributed by atoms with Gasteiger partial charge in [0.05, 0.1) is 11.4 Å². The molecule has 0 saturated heterocycles. The highest BCUT2D eigenvalue weighted by Crippen LogP contribution is 2.23. The molecule has 2 aromatic rings. The summed E-state index contributed by atoms with van der Waals surface area (Å²) < 4.78 is 0. The Kier molecular flexibility index (Phi) is 4.82. The van der Waals surface area contributed by atoms with Gasteiger partial charge in [-0.15, -0.1) is 0 Å². The van der Waals surface area contributed by atoms with E-state index in [0.29, 0.717) is 11.3 Å². The fourth-order valence-corrected chi connectivity index (χ4v) is 2.31. The number of benzene rings is 2. The van der Waals surface area contributed by atoms with Crippen LogP contribution in [0.5, 0.6) is 0 Å². The molecule has 4 heteroatoms. The van der Waals surface area contributed by atoms with Crippen LogP contribution in [0.15, 0.2) is 48.5 Å². The number of hydrogen-bond acceptors (Lipinski definition) is 3. The van der Waals surface area contributed by atoms with E-state index < -0.39 is 5.91 Å². The van der Waals surface area contributed by atoms with Crippen molar-refractivity contribution in [1.29, 1.82) is 0 Å². The molecule has 0 radical (unpaired) electrons. The van der Waals surface area contributed by atoms with Crippen LogP contribution in [0.4, 0.5) is 11.4 Å². The summed E-state index contributed by atoms with van der Waals surface area (Å²) in [5.74, 6) is -0.436. The third-order valence-electron chi connectivity index (χ3n) is 3.53. The number of primary amides is 1. The SMILES string of the molecule is CN(CCCc1ccccc1)c1cc(C(N)=O)ccc1N. The first-order valence-corrected chi connectivity index (χ1v) is 7.02. The quantitative estimate of drug-likeness (QED) is 0.800. The average molecular weight is 283 g/mol. The van der Waals surface area contributed by atoms with Gasteiger partial charge in [-0.3, -0.25) is 4.79 Å². The van der Waals surface area contributed by atoms with E-state index in [9.17, 15) is 4.79 Å². The third-order valence-corrected chi connectivity index (χ3v) is 3.53. The molecule has 2 rings (SSSR count). The Morgan fingerprint density at radius 2 is 1.86 bits per heavy atom. The van der Waals surface area contributed by atoms with Crippen LogP contribution in [0.2, 0.25) is 0 Å². The minimum atomic E-state index is -0.436. The molecule has 0 aliphatic rings. The number of rotatable bonds is 6. The van der Waals surface area contributed by atoms with Crippen LogP contribution in [0, 0.1) is 0 Å². The van der Waals surface area contributed by atoms with Crippen LogP contribution in [-0.2, 0) is 6.42 Å². The van der Waals surface area contributed by atoms with Crippen molar-refractivity contribution in [3.05, 3.63) is 59.7 Å². The number of aryl methyl sites for hydroxylation is 1. The summed E-state index contributed by atoms with van der Waals surface area (Å²) >= 11 is 0. The second-order valence-electron chi connectivity index (χ2n) is 5.15. The maximum Gasteiger partial charge on any atom is 0.248 e. The predicted octanol–water partition coefficient (Wildman–Crippen LogP) is 2.44. The summed E-state index contributed by atoms with van der Waals surface area (Å²) in [7, 11) is 1.97. The van der Waals surface area contributed by atoms with E-state index >= 15 is 0 Å². The van der Waals surface area contributed by atoms with E-state index in [1.165, 1.54) is 5.56 Å². The van der Waals surface area contributed by atoms with Crippen molar-refractivity contribution in [3.63, 3.8) is 0 Å². The first-order valence-electron chi connectivity index (χ1n) is 7.02. The lowest BCUT2D eigenvalue weighted by molar-refractivity contribution is 0.100. The van der Waals surface area contributed by atoms with Gasteiger partial charge in [-0.05, 0) is 36.6 Å². The van der Waals surface area contributed by atoms with Crippen molar-refractivity contribution in [2.24, 2.45) is 5.73 Å². The zero-order valence-electron chi connectivity index (χ0n) is 12.3. The number of anilines is 2. The largest absolute Gasteiger partial charge is 0.397 e. The topological polar surface area (TPSA) is 72.3 Å². The number of hydrogen-bond donors (Lipinski definition) is 2. The Morgan fingerprint density at radius 3 is 2.52 bits per heavy atom. The normalized spacial score (nSPS) is 10.3. The van der Waals surface area contributed by atoms with E-state index in [1.54, 1.807) is 18.2 Å². The van der Waals surface area contributed by atoms with Crippen molar-refractivity contribution >= 4 is 17.3 Å². The van der Waals surface area contributed by atoms with Gasteiger partial charge < -0.3 is 16.4 Å². The molecular weight excluding hydrogens is 262 g/mol. The minimum Gasteiger partial charge on any atom is -0.397 e.